The number of rotatable bonds is 7. The standard InChI is InChI=1S/C15H24N2O2/c1-5-6-12(10-19-4)17-15(18)13-8-7-11(2)9-14(13)16-3/h7-9,12,16H,5-6,10H2,1-4H3,(H,17,18). The van der Waals surface area contributed by atoms with E-state index in [1.54, 1.807) is 7.11 Å². The summed E-state index contributed by atoms with van der Waals surface area (Å²) < 4.78 is 5.14. The van der Waals surface area contributed by atoms with E-state index in [1.807, 2.05) is 32.2 Å². The molecule has 19 heavy (non-hydrogen) atoms. The molecule has 0 aliphatic carbocycles. The van der Waals surface area contributed by atoms with Gasteiger partial charge in [-0.1, -0.05) is 19.4 Å². The minimum atomic E-state index is -0.0557. The number of nitrogens with one attached hydrogen (secondary N) is 2. The molecule has 1 amide bonds. The number of methoxy groups -OCH3 is 1. The number of carbonyl (C=O) groups excluding carboxylic acids is 1. The molecule has 106 valence electrons. The monoisotopic (exact) mass is 264 g/mol. The lowest BCUT2D eigenvalue weighted by Gasteiger charge is -2.18. The van der Waals surface area contributed by atoms with Gasteiger partial charge in [0.05, 0.1) is 18.2 Å². The first-order valence-corrected chi connectivity index (χ1v) is 6.70. The van der Waals surface area contributed by atoms with Crippen LogP contribution in [0.2, 0.25) is 0 Å². The number of hydrogen-bond acceptors (Lipinski definition) is 3. The molecule has 0 aromatic heterocycles. The van der Waals surface area contributed by atoms with Crippen LogP contribution in [0.25, 0.3) is 0 Å². The van der Waals surface area contributed by atoms with Gasteiger partial charge in [0, 0.05) is 19.8 Å². The van der Waals surface area contributed by atoms with Crippen molar-refractivity contribution in [1.82, 2.24) is 5.32 Å². The Hall–Kier alpha value is -1.55. The maximum absolute atomic E-state index is 12.3. The Kier molecular flexibility index (Phi) is 6.36. The van der Waals surface area contributed by atoms with E-state index in [9.17, 15) is 4.79 Å². The van der Waals surface area contributed by atoms with E-state index >= 15 is 0 Å². The predicted octanol–water partition coefficient (Wildman–Crippen LogP) is 2.58. The lowest BCUT2D eigenvalue weighted by Crippen LogP contribution is -2.38. The zero-order valence-electron chi connectivity index (χ0n) is 12.2. The van der Waals surface area contributed by atoms with Crippen LogP contribution in [-0.4, -0.2) is 32.7 Å². The summed E-state index contributed by atoms with van der Waals surface area (Å²) >= 11 is 0. The molecule has 2 N–H and O–H groups in total. The van der Waals surface area contributed by atoms with Crippen molar-refractivity contribution in [1.29, 1.82) is 0 Å². The number of benzene rings is 1. The molecule has 4 heteroatoms. The zero-order chi connectivity index (χ0) is 14.3. The SMILES string of the molecule is CCCC(COC)NC(=O)c1ccc(C)cc1NC. The molecular weight excluding hydrogens is 240 g/mol. The van der Waals surface area contributed by atoms with Gasteiger partial charge in [-0.25, -0.2) is 0 Å². The number of hydrogen-bond donors (Lipinski definition) is 2. The lowest BCUT2D eigenvalue weighted by atomic mass is 10.1. The quantitative estimate of drug-likeness (QED) is 0.796. The molecule has 0 aliphatic heterocycles. The van der Waals surface area contributed by atoms with Gasteiger partial charge in [-0.2, -0.15) is 0 Å². The van der Waals surface area contributed by atoms with Crippen molar-refractivity contribution in [2.45, 2.75) is 32.7 Å². The molecule has 0 aliphatic rings. The maximum Gasteiger partial charge on any atom is 0.253 e. The number of ether oxygens (including phenoxy) is 1. The third-order valence-electron chi connectivity index (χ3n) is 3.03. The predicted molar refractivity (Wildman–Crippen MR) is 78.8 cm³/mol. The van der Waals surface area contributed by atoms with E-state index in [4.69, 9.17) is 4.74 Å². The van der Waals surface area contributed by atoms with Gasteiger partial charge in [0.1, 0.15) is 0 Å². The largest absolute Gasteiger partial charge is 0.387 e. The van der Waals surface area contributed by atoms with Crippen molar-refractivity contribution >= 4 is 11.6 Å². The van der Waals surface area contributed by atoms with E-state index in [2.05, 4.69) is 17.6 Å². The first kappa shape index (κ1) is 15.5. The van der Waals surface area contributed by atoms with Crippen LogP contribution in [0.4, 0.5) is 5.69 Å². The molecule has 0 radical (unpaired) electrons. The van der Waals surface area contributed by atoms with Gasteiger partial charge in [0.2, 0.25) is 0 Å². The summed E-state index contributed by atoms with van der Waals surface area (Å²) in [4.78, 5) is 12.3. The first-order valence-electron chi connectivity index (χ1n) is 6.70. The summed E-state index contributed by atoms with van der Waals surface area (Å²) in [5.41, 5.74) is 2.65. The van der Waals surface area contributed by atoms with Crippen molar-refractivity contribution in [3.63, 3.8) is 0 Å². The molecule has 1 atom stereocenters. The number of amides is 1. The highest BCUT2D eigenvalue weighted by Crippen LogP contribution is 2.17. The highest BCUT2D eigenvalue weighted by atomic mass is 16.5. The summed E-state index contributed by atoms with van der Waals surface area (Å²) in [7, 11) is 3.48. The summed E-state index contributed by atoms with van der Waals surface area (Å²) in [6.45, 7) is 4.65. The average Bonchev–Trinajstić information content (AvgIpc) is 2.38. The normalized spacial score (nSPS) is 12.0. The molecule has 0 fully saturated rings. The van der Waals surface area contributed by atoms with Crippen molar-refractivity contribution in [3.8, 4) is 0 Å². The smallest absolute Gasteiger partial charge is 0.253 e. The Balaban J connectivity index is 2.81. The molecule has 1 unspecified atom stereocenters. The third-order valence-corrected chi connectivity index (χ3v) is 3.03. The van der Waals surface area contributed by atoms with Crippen LogP contribution in [0.15, 0.2) is 18.2 Å². The second-order valence-electron chi connectivity index (χ2n) is 4.71. The van der Waals surface area contributed by atoms with E-state index in [-0.39, 0.29) is 11.9 Å². The Bertz CT molecular complexity index is 413. The Morgan fingerprint density at radius 2 is 2.16 bits per heavy atom. The first-order chi connectivity index (χ1) is 9.12. The topological polar surface area (TPSA) is 50.4 Å². The Morgan fingerprint density at radius 3 is 2.74 bits per heavy atom. The molecule has 1 aromatic carbocycles. The van der Waals surface area contributed by atoms with Crippen LogP contribution in [0.5, 0.6) is 0 Å². The third kappa shape index (κ3) is 4.56. The minimum absolute atomic E-state index is 0.0557. The van der Waals surface area contributed by atoms with Crippen LogP contribution in [-0.2, 0) is 4.74 Å². The van der Waals surface area contributed by atoms with Gasteiger partial charge < -0.3 is 15.4 Å². The number of carbonyl (C=O) groups is 1. The van der Waals surface area contributed by atoms with E-state index in [0.29, 0.717) is 12.2 Å². The van der Waals surface area contributed by atoms with Gasteiger partial charge in [0.15, 0.2) is 0 Å². The highest BCUT2D eigenvalue weighted by Gasteiger charge is 2.15. The van der Waals surface area contributed by atoms with Crippen molar-refractivity contribution in [2.24, 2.45) is 0 Å². The maximum atomic E-state index is 12.3. The van der Waals surface area contributed by atoms with E-state index < -0.39 is 0 Å². The van der Waals surface area contributed by atoms with Crippen molar-refractivity contribution < 1.29 is 9.53 Å². The summed E-state index contributed by atoms with van der Waals surface area (Å²) in [5.74, 6) is -0.0557. The summed E-state index contributed by atoms with van der Waals surface area (Å²) in [5, 5.41) is 6.09. The van der Waals surface area contributed by atoms with Crippen LogP contribution in [0.3, 0.4) is 0 Å². The van der Waals surface area contributed by atoms with Crippen LogP contribution in [0.1, 0.15) is 35.7 Å². The van der Waals surface area contributed by atoms with Crippen LogP contribution < -0.4 is 10.6 Å². The Morgan fingerprint density at radius 1 is 1.42 bits per heavy atom. The number of aryl methyl sites for hydroxylation is 1. The van der Waals surface area contributed by atoms with Crippen molar-refractivity contribution in [2.75, 3.05) is 26.1 Å². The molecule has 0 heterocycles. The van der Waals surface area contributed by atoms with E-state index in [0.717, 1.165) is 24.1 Å². The summed E-state index contributed by atoms with van der Waals surface area (Å²) in [6.07, 6.45) is 1.93. The molecule has 0 bridgehead atoms. The molecule has 0 saturated heterocycles. The van der Waals surface area contributed by atoms with Crippen LogP contribution in [0, 0.1) is 6.92 Å². The highest BCUT2D eigenvalue weighted by molar-refractivity contribution is 5.99. The summed E-state index contributed by atoms with van der Waals surface area (Å²) in [6, 6.07) is 5.83. The van der Waals surface area contributed by atoms with E-state index in [1.165, 1.54) is 0 Å². The number of anilines is 1. The lowest BCUT2D eigenvalue weighted by molar-refractivity contribution is 0.0892. The van der Waals surface area contributed by atoms with Gasteiger partial charge in [0.25, 0.3) is 5.91 Å². The second kappa shape index (κ2) is 7.79. The fourth-order valence-corrected chi connectivity index (χ4v) is 2.07. The molecule has 0 saturated carbocycles. The Labute approximate surface area is 115 Å². The minimum Gasteiger partial charge on any atom is -0.387 e. The van der Waals surface area contributed by atoms with Gasteiger partial charge in [-0.05, 0) is 31.0 Å². The molecule has 4 nitrogen and oxygen atoms in total. The van der Waals surface area contributed by atoms with Gasteiger partial charge >= 0.3 is 0 Å². The molecular formula is C15H24N2O2. The van der Waals surface area contributed by atoms with Crippen LogP contribution >= 0.6 is 0 Å². The fraction of sp³-hybridized carbons (Fsp3) is 0.533. The average molecular weight is 264 g/mol. The molecule has 1 aromatic rings. The molecule has 0 spiro atoms. The molecule has 1 rings (SSSR count). The zero-order valence-corrected chi connectivity index (χ0v) is 12.2. The fourth-order valence-electron chi connectivity index (χ4n) is 2.07. The second-order valence-corrected chi connectivity index (χ2v) is 4.71. The van der Waals surface area contributed by atoms with Gasteiger partial charge in [-0.3, -0.25) is 4.79 Å². The van der Waals surface area contributed by atoms with Crippen molar-refractivity contribution in [3.05, 3.63) is 29.3 Å². The van der Waals surface area contributed by atoms with Gasteiger partial charge in [-0.15, -0.1) is 0 Å².